The van der Waals surface area contributed by atoms with Crippen LogP contribution in [-0.2, 0) is 0 Å². The van der Waals surface area contributed by atoms with Crippen LogP contribution >= 0.6 is 0 Å². The van der Waals surface area contributed by atoms with E-state index in [4.69, 9.17) is 0 Å². The Kier molecular flexibility index (Phi) is 13.4. The maximum absolute atomic E-state index is 13.8. The van der Waals surface area contributed by atoms with Crippen molar-refractivity contribution in [3.8, 4) is 0 Å². The SMILES string of the molecule is CCC1CCC(NC(=O)c2cc(C(=O)NC3CCC(CC)CC3CC)cc(C(=O)NC3CCC(CC)CC3CC)c2)C(CC)C1. The van der Waals surface area contributed by atoms with Gasteiger partial charge in [0.2, 0.25) is 0 Å². The number of amides is 3. The van der Waals surface area contributed by atoms with E-state index < -0.39 is 0 Å². The second-order valence-corrected chi connectivity index (χ2v) is 14.8. The zero-order valence-corrected chi connectivity index (χ0v) is 29.3. The minimum Gasteiger partial charge on any atom is -0.349 e. The minimum atomic E-state index is -0.179. The van der Waals surface area contributed by atoms with Crippen LogP contribution in [0.4, 0.5) is 0 Å². The van der Waals surface area contributed by atoms with Crippen LogP contribution in [0.5, 0.6) is 0 Å². The van der Waals surface area contributed by atoms with Crippen LogP contribution in [0.3, 0.4) is 0 Å². The van der Waals surface area contributed by atoms with Crippen LogP contribution in [0.15, 0.2) is 18.2 Å². The van der Waals surface area contributed by atoms with Gasteiger partial charge in [0.05, 0.1) is 0 Å². The van der Waals surface area contributed by atoms with Gasteiger partial charge in [0.15, 0.2) is 0 Å². The Morgan fingerprint density at radius 1 is 0.467 bits per heavy atom. The van der Waals surface area contributed by atoms with E-state index in [1.165, 1.54) is 19.3 Å². The van der Waals surface area contributed by atoms with Crippen LogP contribution in [0.2, 0.25) is 0 Å². The molecule has 3 amide bonds. The van der Waals surface area contributed by atoms with Crippen molar-refractivity contribution in [2.45, 2.75) is 156 Å². The smallest absolute Gasteiger partial charge is 0.251 e. The maximum Gasteiger partial charge on any atom is 0.251 e. The van der Waals surface area contributed by atoms with E-state index in [2.05, 4.69) is 57.5 Å². The summed E-state index contributed by atoms with van der Waals surface area (Å²) < 4.78 is 0. The Morgan fingerprint density at radius 2 is 0.733 bits per heavy atom. The predicted molar refractivity (Wildman–Crippen MR) is 184 cm³/mol. The monoisotopic (exact) mass is 621 g/mol. The Balaban J connectivity index is 1.57. The first-order chi connectivity index (χ1) is 21.7. The van der Waals surface area contributed by atoms with E-state index in [-0.39, 0.29) is 35.8 Å². The zero-order chi connectivity index (χ0) is 32.5. The van der Waals surface area contributed by atoms with Gasteiger partial charge >= 0.3 is 0 Å². The van der Waals surface area contributed by atoms with Crippen LogP contribution in [0, 0.1) is 35.5 Å². The molecule has 3 aliphatic rings. The van der Waals surface area contributed by atoms with Crippen LogP contribution in [0.1, 0.15) is 169 Å². The molecule has 0 bridgehead atoms. The molecule has 6 nitrogen and oxygen atoms in total. The van der Waals surface area contributed by atoms with Crippen molar-refractivity contribution in [1.29, 1.82) is 0 Å². The average Bonchev–Trinajstić information content (AvgIpc) is 3.08. The van der Waals surface area contributed by atoms with Gasteiger partial charge < -0.3 is 16.0 Å². The summed E-state index contributed by atoms with van der Waals surface area (Å²) in [5, 5.41) is 9.99. The highest BCUT2D eigenvalue weighted by Crippen LogP contribution is 2.35. The molecule has 9 atom stereocenters. The standard InChI is InChI=1S/C39H63N3O3/c1-7-25-13-16-34(28(10-4)19-25)40-37(43)31-22-32(38(44)41-35-17-14-26(8-2)20-29(35)11-5)24-33(23-31)39(45)42-36-18-15-27(9-3)21-30(36)12-6/h22-30,34-36H,7-21H2,1-6H3,(H,40,43)(H,41,44)(H,42,45). The summed E-state index contributed by atoms with van der Waals surface area (Å²) in [7, 11) is 0. The quantitative estimate of drug-likeness (QED) is 0.218. The Bertz CT molecular complexity index is 984. The molecule has 0 aliphatic heterocycles. The molecule has 3 aliphatic carbocycles. The van der Waals surface area contributed by atoms with E-state index in [1.54, 1.807) is 18.2 Å². The third-order valence-electron chi connectivity index (χ3n) is 12.2. The highest BCUT2D eigenvalue weighted by molar-refractivity contribution is 6.04. The molecule has 4 rings (SSSR count). The summed E-state index contributed by atoms with van der Waals surface area (Å²) >= 11 is 0. The molecular weight excluding hydrogens is 558 g/mol. The van der Waals surface area contributed by atoms with Gasteiger partial charge in [0.1, 0.15) is 0 Å². The summed E-state index contributed by atoms with van der Waals surface area (Å²) in [4.78, 5) is 41.4. The van der Waals surface area contributed by atoms with E-state index in [1.807, 2.05) is 0 Å². The third kappa shape index (κ3) is 9.13. The van der Waals surface area contributed by atoms with Gasteiger partial charge in [-0.15, -0.1) is 0 Å². The fourth-order valence-corrected chi connectivity index (χ4v) is 8.90. The largest absolute Gasteiger partial charge is 0.349 e. The number of carbonyl (C=O) groups excluding carboxylic acids is 3. The molecule has 0 aromatic heterocycles. The van der Waals surface area contributed by atoms with Gasteiger partial charge in [0, 0.05) is 34.8 Å². The lowest BCUT2D eigenvalue weighted by molar-refractivity contribution is 0.0887. The number of benzene rings is 1. The van der Waals surface area contributed by atoms with Gasteiger partial charge in [0.25, 0.3) is 17.7 Å². The topological polar surface area (TPSA) is 87.3 Å². The molecule has 0 radical (unpaired) electrons. The summed E-state index contributed by atoms with van der Waals surface area (Å²) in [5.41, 5.74) is 1.22. The van der Waals surface area contributed by atoms with Crippen molar-refractivity contribution in [3.05, 3.63) is 34.9 Å². The average molecular weight is 622 g/mol. The van der Waals surface area contributed by atoms with Crippen molar-refractivity contribution in [2.75, 3.05) is 0 Å². The Morgan fingerprint density at radius 3 is 0.956 bits per heavy atom. The molecule has 0 spiro atoms. The first-order valence-electron chi connectivity index (χ1n) is 18.8. The highest BCUT2D eigenvalue weighted by Gasteiger charge is 2.33. The molecule has 1 aromatic carbocycles. The van der Waals surface area contributed by atoms with Crippen molar-refractivity contribution in [1.82, 2.24) is 16.0 Å². The number of rotatable bonds is 12. The Labute approximate surface area is 274 Å². The lowest BCUT2D eigenvalue weighted by atomic mass is 9.75. The van der Waals surface area contributed by atoms with Crippen molar-refractivity contribution in [3.63, 3.8) is 0 Å². The van der Waals surface area contributed by atoms with Crippen molar-refractivity contribution >= 4 is 17.7 Å². The van der Waals surface area contributed by atoms with E-state index in [9.17, 15) is 14.4 Å². The lowest BCUT2D eigenvalue weighted by Crippen LogP contribution is -2.45. The van der Waals surface area contributed by atoms with Crippen LogP contribution in [0.25, 0.3) is 0 Å². The van der Waals surface area contributed by atoms with E-state index in [0.717, 1.165) is 94.8 Å². The van der Waals surface area contributed by atoms with Gasteiger partial charge in [-0.25, -0.2) is 0 Å². The summed E-state index contributed by atoms with van der Waals surface area (Å²) in [6.07, 6.45) is 16.4. The number of hydrogen-bond acceptors (Lipinski definition) is 3. The number of carbonyl (C=O) groups is 3. The first-order valence-corrected chi connectivity index (χ1v) is 18.8. The van der Waals surface area contributed by atoms with Gasteiger partial charge in [-0.1, -0.05) is 80.1 Å². The highest BCUT2D eigenvalue weighted by atomic mass is 16.2. The van der Waals surface area contributed by atoms with E-state index in [0.29, 0.717) is 34.4 Å². The van der Waals surface area contributed by atoms with Crippen molar-refractivity contribution in [2.24, 2.45) is 35.5 Å². The molecule has 3 fully saturated rings. The van der Waals surface area contributed by atoms with Crippen molar-refractivity contribution < 1.29 is 14.4 Å². The molecule has 9 unspecified atom stereocenters. The fourth-order valence-electron chi connectivity index (χ4n) is 8.90. The fraction of sp³-hybridized carbons (Fsp3) is 0.769. The van der Waals surface area contributed by atoms with Gasteiger partial charge in [-0.3, -0.25) is 14.4 Å². The van der Waals surface area contributed by atoms with Crippen LogP contribution < -0.4 is 16.0 Å². The predicted octanol–water partition coefficient (Wildman–Crippen LogP) is 8.69. The second-order valence-electron chi connectivity index (χ2n) is 14.8. The number of hydrogen-bond donors (Lipinski definition) is 3. The summed E-state index contributed by atoms with van der Waals surface area (Å²) in [6, 6.07) is 5.49. The molecule has 252 valence electrons. The normalized spacial score (nSPS) is 32.0. The Hall–Kier alpha value is -2.37. The third-order valence-corrected chi connectivity index (χ3v) is 12.2. The zero-order valence-electron chi connectivity index (χ0n) is 29.3. The first kappa shape index (κ1) is 35.5. The molecule has 1 aromatic rings. The molecule has 3 N–H and O–H groups in total. The molecule has 6 heteroatoms. The molecule has 3 saturated carbocycles. The number of nitrogens with one attached hydrogen (secondary N) is 3. The minimum absolute atomic E-state index is 0.123. The lowest BCUT2D eigenvalue weighted by Gasteiger charge is -2.36. The summed E-state index contributed by atoms with van der Waals surface area (Å²) in [6.45, 7) is 13.4. The molecule has 0 saturated heterocycles. The van der Waals surface area contributed by atoms with E-state index >= 15 is 0 Å². The summed E-state index contributed by atoms with van der Waals surface area (Å²) in [5.74, 6) is 3.00. The van der Waals surface area contributed by atoms with Gasteiger partial charge in [-0.05, 0) is 111 Å². The maximum atomic E-state index is 13.8. The van der Waals surface area contributed by atoms with Crippen LogP contribution in [-0.4, -0.2) is 35.8 Å². The van der Waals surface area contributed by atoms with Gasteiger partial charge in [-0.2, -0.15) is 0 Å². The second kappa shape index (κ2) is 17.0. The molecule has 0 heterocycles. The molecule has 45 heavy (non-hydrogen) atoms. The molecular formula is C39H63N3O3.